The Labute approximate surface area is 174 Å². The molecule has 0 atom stereocenters. The van der Waals surface area contributed by atoms with E-state index in [2.05, 4.69) is 10.3 Å². The second-order valence-corrected chi connectivity index (χ2v) is 7.00. The lowest BCUT2D eigenvalue weighted by atomic mass is 10.1. The van der Waals surface area contributed by atoms with Gasteiger partial charge in [0.2, 0.25) is 0 Å². The first kappa shape index (κ1) is 20.6. The SMILES string of the molecule is CN(CCOC(=O)Cc1cc2ccccc2cn1)C(=O)NCc1ccccc1Cl. The van der Waals surface area contributed by atoms with Crippen molar-refractivity contribution >= 4 is 34.4 Å². The van der Waals surface area contributed by atoms with E-state index in [-0.39, 0.29) is 31.6 Å². The summed E-state index contributed by atoms with van der Waals surface area (Å²) in [4.78, 5) is 29.9. The molecule has 2 aromatic carbocycles. The molecule has 0 saturated heterocycles. The van der Waals surface area contributed by atoms with Crippen molar-refractivity contribution < 1.29 is 14.3 Å². The minimum Gasteiger partial charge on any atom is -0.464 e. The van der Waals surface area contributed by atoms with Crippen LogP contribution in [0.1, 0.15) is 11.3 Å². The molecule has 0 saturated carbocycles. The molecule has 0 unspecified atom stereocenters. The third kappa shape index (κ3) is 5.93. The molecule has 7 heteroatoms. The molecule has 0 bridgehead atoms. The topological polar surface area (TPSA) is 71.5 Å². The Hall–Kier alpha value is -3.12. The largest absolute Gasteiger partial charge is 0.464 e. The summed E-state index contributed by atoms with van der Waals surface area (Å²) in [7, 11) is 1.64. The predicted molar refractivity (Wildman–Crippen MR) is 113 cm³/mol. The van der Waals surface area contributed by atoms with Crippen LogP contribution in [0.25, 0.3) is 10.8 Å². The maximum Gasteiger partial charge on any atom is 0.317 e. The van der Waals surface area contributed by atoms with E-state index in [1.165, 1.54) is 4.90 Å². The smallest absolute Gasteiger partial charge is 0.317 e. The van der Waals surface area contributed by atoms with E-state index in [4.69, 9.17) is 16.3 Å². The number of esters is 1. The van der Waals surface area contributed by atoms with Crippen molar-refractivity contribution in [2.24, 2.45) is 0 Å². The Morgan fingerprint density at radius 3 is 2.62 bits per heavy atom. The molecular weight excluding hydrogens is 390 g/mol. The van der Waals surface area contributed by atoms with Gasteiger partial charge in [-0.2, -0.15) is 0 Å². The fourth-order valence-corrected chi connectivity index (χ4v) is 2.97. The number of urea groups is 1. The van der Waals surface area contributed by atoms with Gasteiger partial charge in [0.05, 0.1) is 18.7 Å². The van der Waals surface area contributed by atoms with Gasteiger partial charge in [-0.1, -0.05) is 54.1 Å². The third-order valence-corrected chi connectivity index (χ3v) is 4.81. The number of benzene rings is 2. The van der Waals surface area contributed by atoms with E-state index >= 15 is 0 Å². The number of carbonyl (C=O) groups is 2. The van der Waals surface area contributed by atoms with Gasteiger partial charge in [-0.05, 0) is 23.1 Å². The molecular formula is C22H22ClN3O3. The zero-order valence-electron chi connectivity index (χ0n) is 16.1. The van der Waals surface area contributed by atoms with Crippen LogP contribution in [0.2, 0.25) is 5.02 Å². The van der Waals surface area contributed by atoms with E-state index in [0.717, 1.165) is 16.3 Å². The molecule has 0 fully saturated rings. The summed E-state index contributed by atoms with van der Waals surface area (Å²) in [5.41, 5.74) is 1.49. The van der Waals surface area contributed by atoms with Crippen molar-refractivity contribution in [1.29, 1.82) is 0 Å². The second kappa shape index (κ2) is 9.89. The number of hydrogen-bond acceptors (Lipinski definition) is 4. The number of nitrogens with zero attached hydrogens (tertiary/aromatic N) is 2. The van der Waals surface area contributed by atoms with E-state index < -0.39 is 0 Å². The van der Waals surface area contributed by atoms with Crippen molar-refractivity contribution in [3.8, 4) is 0 Å². The van der Waals surface area contributed by atoms with Crippen molar-refractivity contribution in [3.05, 3.63) is 77.1 Å². The number of ether oxygens (including phenoxy) is 1. The van der Waals surface area contributed by atoms with Crippen molar-refractivity contribution in [3.63, 3.8) is 0 Å². The summed E-state index contributed by atoms with van der Waals surface area (Å²) < 4.78 is 5.24. The number of nitrogens with one attached hydrogen (secondary N) is 1. The standard InChI is InChI=1S/C22H22ClN3O3/c1-26(22(28)25-15-18-8-4-5-9-20(18)23)10-11-29-21(27)13-19-12-16-6-2-3-7-17(16)14-24-19/h2-9,12,14H,10-11,13,15H2,1H3,(H,25,28). The lowest BCUT2D eigenvalue weighted by molar-refractivity contribution is -0.143. The maximum atomic E-state index is 12.1. The van der Waals surface area contributed by atoms with E-state index in [1.54, 1.807) is 19.3 Å². The van der Waals surface area contributed by atoms with Crippen LogP contribution >= 0.6 is 11.6 Å². The average Bonchev–Trinajstić information content (AvgIpc) is 2.72. The van der Waals surface area contributed by atoms with Crippen LogP contribution < -0.4 is 5.32 Å². The first-order valence-electron chi connectivity index (χ1n) is 9.24. The molecule has 29 heavy (non-hydrogen) atoms. The van der Waals surface area contributed by atoms with Gasteiger partial charge in [-0.15, -0.1) is 0 Å². The lowest BCUT2D eigenvalue weighted by Gasteiger charge is -2.18. The molecule has 1 aromatic heterocycles. The molecule has 0 aliphatic carbocycles. The van der Waals surface area contributed by atoms with Gasteiger partial charge in [0.1, 0.15) is 6.61 Å². The monoisotopic (exact) mass is 411 g/mol. The lowest BCUT2D eigenvalue weighted by Crippen LogP contribution is -2.39. The Kier molecular flexibility index (Phi) is 7.03. The molecule has 2 amide bonds. The average molecular weight is 412 g/mol. The van der Waals surface area contributed by atoms with Gasteiger partial charge in [0.25, 0.3) is 0 Å². The number of fused-ring (bicyclic) bond motifs is 1. The van der Waals surface area contributed by atoms with Crippen LogP contribution in [-0.4, -0.2) is 42.1 Å². The van der Waals surface area contributed by atoms with Gasteiger partial charge in [-0.3, -0.25) is 9.78 Å². The zero-order chi connectivity index (χ0) is 20.6. The normalized spacial score (nSPS) is 10.6. The van der Waals surface area contributed by atoms with Crippen LogP contribution in [0.3, 0.4) is 0 Å². The fourth-order valence-electron chi connectivity index (χ4n) is 2.77. The summed E-state index contributed by atoms with van der Waals surface area (Å²) >= 11 is 6.08. The van der Waals surface area contributed by atoms with Crippen LogP contribution in [0.4, 0.5) is 4.79 Å². The molecule has 1 N–H and O–H groups in total. The summed E-state index contributed by atoms with van der Waals surface area (Å²) in [6.07, 6.45) is 1.84. The van der Waals surface area contributed by atoms with Gasteiger partial charge < -0.3 is 15.0 Å². The molecule has 6 nitrogen and oxygen atoms in total. The molecule has 1 heterocycles. The van der Waals surface area contributed by atoms with E-state index in [1.807, 2.05) is 48.5 Å². The van der Waals surface area contributed by atoms with Crippen LogP contribution in [0.15, 0.2) is 60.8 Å². The molecule has 150 valence electrons. The first-order valence-corrected chi connectivity index (χ1v) is 9.62. The van der Waals surface area contributed by atoms with Crippen LogP contribution in [-0.2, 0) is 22.5 Å². The molecule has 0 spiro atoms. The summed E-state index contributed by atoms with van der Waals surface area (Å²) in [5.74, 6) is -0.377. The highest BCUT2D eigenvalue weighted by atomic mass is 35.5. The van der Waals surface area contributed by atoms with Crippen molar-refractivity contribution in [2.75, 3.05) is 20.2 Å². The number of amides is 2. The Morgan fingerprint density at radius 1 is 1.10 bits per heavy atom. The van der Waals surface area contributed by atoms with E-state index in [0.29, 0.717) is 17.3 Å². The van der Waals surface area contributed by atoms with Gasteiger partial charge in [-0.25, -0.2) is 4.79 Å². The Morgan fingerprint density at radius 2 is 1.83 bits per heavy atom. The number of pyridine rings is 1. The Balaban J connectivity index is 1.40. The third-order valence-electron chi connectivity index (χ3n) is 4.44. The molecule has 0 aliphatic rings. The summed E-state index contributed by atoms with van der Waals surface area (Å²) in [6.45, 7) is 0.726. The van der Waals surface area contributed by atoms with E-state index in [9.17, 15) is 9.59 Å². The Bertz CT molecular complexity index is 1010. The van der Waals surface area contributed by atoms with Gasteiger partial charge >= 0.3 is 12.0 Å². The number of rotatable bonds is 7. The number of aromatic nitrogens is 1. The summed E-state index contributed by atoms with van der Waals surface area (Å²) in [6, 6.07) is 16.8. The maximum absolute atomic E-state index is 12.1. The highest BCUT2D eigenvalue weighted by molar-refractivity contribution is 6.31. The summed E-state index contributed by atoms with van der Waals surface area (Å²) in [5, 5.41) is 5.44. The van der Waals surface area contributed by atoms with Crippen LogP contribution in [0, 0.1) is 0 Å². The molecule has 0 radical (unpaired) electrons. The van der Waals surface area contributed by atoms with Crippen molar-refractivity contribution in [1.82, 2.24) is 15.2 Å². The number of likely N-dealkylation sites (N-methyl/N-ethyl adjacent to an activating group) is 1. The minimum atomic E-state index is -0.377. The van der Waals surface area contributed by atoms with Crippen molar-refractivity contribution in [2.45, 2.75) is 13.0 Å². The minimum absolute atomic E-state index is 0.0905. The van der Waals surface area contributed by atoms with Gasteiger partial charge in [0, 0.05) is 30.2 Å². The number of carbonyl (C=O) groups excluding carboxylic acids is 2. The van der Waals surface area contributed by atoms with Gasteiger partial charge in [0.15, 0.2) is 0 Å². The first-order chi connectivity index (χ1) is 14.0. The second-order valence-electron chi connectivity index (χ2n) is 6.59. The molecule has 3 aromatic rings. The van der Waals surface area contributed by atoms with Crippen LogP contribution in [0.5, 0.6) is 0 Å². The number of halogens is 1. The molecule has 3 rings (SSSR count). The molecule has 0 aliphatic heterocycles. The number of hydrogen-bond donors (Lipinski definition) is 1. The highest BCUT2D eigenvalue weighted by Crippen LogP contribution is 2.15. The zero-order valence-corrected chi connectivity index (χ0v) is 16.9. The quantitative estimate of drug-likeness (QED) is 0.600. The fraction of sp³-hybridized carbons (Fsp3) is 0.227. The predicted octanol–water partition coefficient (Wildman–Crippen LogP) is 3.82. The highest BCUT2D eigenvalue weighted by Gasteiger charge is 2.11.